The predicted octanol–water partition coefficient (Wildman–Crippen LogP) is 5.49. The van der Waals surface area contributed by atoms with Crippen LogP contribution < -0.4 is 0 Å². The van der Waals surface area contributed by atoms with Crippen molar-refractivity contribution >= 4 is 19.8 Å². The highest BCUT2D eigenvalue weighted by Crippen LogP contribution is 2.47. The van der Waals surface area contributed by atoms with Gasteiger partial charge in [0, 0.05) is 12.8 Å². The maximum Gasteiger partial charge on any atom is 0.472 e. The summed E-state index contributed by atoms with van der Waals surface area (Å²) < 4.78 is 33.2. The summed E-state index contributed by atoms with van der Waals surface area (Å²) in [4.78, 5) is 35.3. The number of hydrogen-bond donors (Lipinski definition) is 6. The van der Waals surface area contributed by atoms with Gasteiger partial charge < -0.3 is 39.9 Å². The van der Waals surface area contributed by atoms with Crippen molar-refractivity contribution in [3.8, 4) is 0 Å². The lowest BCUT2D eigenvalue weighted by Gasteiger charge is -2.41. The van der Waals surface area contributed by atoms with Crippen LogP contribution in [0.3, 0.4) is 0 Å². The van der Waals surface area contributed by atoms with Gasteiger partial charge >= 0.3 is 19.8 Å². The summed E-state index contributed by atoms with van der Waals surface area (Å²) in [6.07, 6.45) is 15.4. The molecule has 1 aliphatic carbocycles. The van der Waals surface area contributed by atoms with Crippen molar-refractivity contribution in [1.29, 1.82) is 0 Å². The van der Waals surface area contributed by atoms with E-state index < -0.39 is 75.7 Å². The molecule has 1 aliphatic rings. The molecule has 0 radical (unpaired) electrons. The first kappa shape index (κ1) is 47.1. The van der Waals surface area contributed by atoms with Gasteiger partial charge in [-0.05, 0) is 44.9 Å². The van der Waals surface area contributed by atoms with Crippen LogP contribution >= 0.6 is 7.82 Å². The number of unbranched alkanes of at least 4 members (excludes halogenated alkanes) is 11. The minimum absolute atomic E-state index is 0.0911. The van der Waals surface area contributed by atoms with Crippen LogP contribution in [-0.4, -0.2) is 98.3 Å². The van der Waals surface area contributed by atoms with E-state index in [2.05, 4.69) is 50.3 Å². The second-order valence-electron chi connectivity index (χ2n) is 13.1. The average Bonchev–Trinajstić information content (AvgIpc) is 3.10. The molecule has 14 heteroatoms. The number of rotatable bonds is 29. The van der Waals surface area contributed by atoms with Crippen LogP contribution in [-0.2, 0) is 32.7 Å². The van der Waals surface area contributed by atoms with Gasteiger partial charge in [-0.3, -0.25) is 18.6 Å². The first-order chi connectivity index (χ1) is 24.4. The van der Waals surface area contributed by atoms with Crippen molar-refractivity contribution in [2.24, 2.45) is 0 Å². The van der Waals surface area contributed by atoms with E-state index >= 15 is 0 Å². The quantitative estimate of drug-likeness (QED) is 0.0242. The highest BCUT2D eigenvalue weighted by atomic mass is 31.2. The van der Waals surface area contributed by atoms with Crippen molar-refractivity contribution in [3.05, 3.63) is 36.5 Å². The Labute approximate surface area is 304 Å². The van der Waals surface area contributed by atoms with Gasteiger partial charge in [-0.25, -0.2) is 4.57 Å². The third kappa shape index (κ3) is 22.0. The number of phosphoric acid groups is 1. The van der Waals surface area contributed by atoms with E-state index in [0.717, 1.165) is 89.9 Å². The number of phosphoric ester groups is 1. The van der Waals surface area contributed by atoms with Gasteiger partial charge in [0.1, 0.15) is 43.2 Å². The summed E-state index contributed by atoms with van der Waals surface area (Å²) in [5.41, 5.74) is 0. The number of carbonyl (C=O) groups excluding carboxylic acids is 2. The van der Waals surface area contributed by atoms with E-state index in [-0.39, 0.29) is 12.8 Å². The average molecular weight is 749 g/mol. The molecule has 0 aromatic rings. The van der Waals surface area contributed by atoms with Gasteiger partial charge in [-0.15, -0.1) is 0 Å². The molecule has 0 aliphatic heterocycles. The van der Waals surface area contributed by atoms with E-state index in [1.165, 1.54) is 0 Å². The van der Waals surface area contributed by atoms with Crippen LogP contribution in [0.25, 0.3) is 0 Å². The molecule has 1 fully saturated rings. The molecule has 6 unspecified atom stereocenters. The molecule has 51 heavy (non-hydrogen) atoms. The molecule has 0 amide bonds. The number of carbonyl (C=O) groups is 2. The van der Waals surface area contributed by atoms with Gasteiger partial charge in [-0.1, -0.05) is 108 Å². The van der Waals surface area contributed by atoms with Crippen LogP contribution in [0.15, 0.2) is 36.5 Å². The van der Waals surface area contributed by atoms with Crippen molar-refractivity contribution in [1.82, 2.24) is 0 Å². The van der Waals surface area contributed by atoms with Gasteiger partial charge in [0.2, 0.25) is 0 Å². The normalized spacial score (nSPS) is 24.3. The van der Waals surface area contributed by atoms with Gasteiger partial charge in [-0.2, -0.15) is 0 Å². The Morgan fingerprint density at radius 3 is 1.71 bits per heavy atom. The molecule has 0 spiro atoms. The SMILES string of the molecule is CC/C=C/C/C=C/C/C=C/CCCCCCCC(=O)OC[C@@H](COP(=O)(O)OC1C(O)C(O)C(O)[C@H](O)C1O)OC(=O)CCCCCCCCC. The molecule has 296 valence electrons. The molecular formula is C37H65O13P. The standard InChI is InChI=1S/C37H65O13P/c1-3-5-7-9-11-12-13-14-15-16-17-18-20-21-23-25-30(38)47-27-29(49-31(39)26-24-22-19-10-8-6-4-2)28-48-51(45,46)50-37-35(43)33(41)32(40)34(42)36(37)44/h5,7,11-12,14-15,29,32-37,40-44H,3-4,6,8-10,13,16-28H2,1-2H3,(H,45,46)/b7-5+,12-11+,15-14+/t29-,32?,33-,34?,35?,36?,37?/m0/s1. The maximum atomic E-state index is 12.7. The minimum atomic E-state index is -5.10. The van der Waals surface area contributed by atoms with Crippen LogP contribution in [0, 0.1) is 0 Å². The van der Waals surface area contributed by atoms with Gasteiger partial charge in [0.25, 0.3) is 0 Å². The molecule has 0 bridgehead atoms. The Bertz CT molecular complexity index is 1050. The molecule has 0 aromatic heterocycles. The van der Waals surface area contributed by atoms with Crippen molar-refractivity contribution in [2.75, 3.05) is 13.2 Å². The monoisotopic (exact) mass is 748 g/mol. The summed E-state index contributed by atoms with van der Waals surface area (Å²) in [7, 11) is -5.10. The fraction of sp³-hybridized carbons (Fsp3) is 0.784. The highest BCUT2D eigenvalue weighted by molar-refractivity contribution is 7.47. The Balaban J connectivity index is 2.52. The summed E-state index contributed by atoms with van der Waals surface area (Å²) in [6, 6.07) is 0. The van der Waals surface area contributed by atoms with E-state index in [1.807, 2.05) is 0 Å². The fourth-order valence-corrected chi connectivity index (χ4v) is 6.39. The minimum Gasteiger partial charge on any atom is -0.462 e. The van der Waals surface area contributed by atoms with E-state index in [9.17, 15) is 44.6 Å². The first-order valence-electron chi connectivity index (χ1n) is 18.8. The zero-order chi connectivity index (χ0) is 37.9. The number of esters is 2. The molecule has 1 saturated carbocycles. The van der Waals surface area contributed by atoms with E-state index in [1.54, 1.807) is 0 Å². The second-order valence-corrected chi connectivity index (χ2v) is 14.5. The third-order valence-corrected chi connectivity index (χ3v) is 9.48. The highest BCUT2D eigenvalue weighted by Gasteiger charge is 2.51. The predicted molar refractivity (Wildman–Crippen MR) is 193 cm³/mol. The van der Waals surface area contributed by atoms with Gasteiger partial charge in [0.15, 0.2) is 6.10 Å². The Kier molecular flexibility index (Phi) is 26.4. The fourth-order valence-electron chi connectivity index (χ4n) is 5.42. The number of allylic oxidation sites excluding steroid dienone is 6. The maximum absolute atomic E-state index is 12.7. The van der Waals surface area contributed by atoms with Gasteiger partial charge in [0.05, 0.1) is 6.61 Å². The van der Waals surface area contributed by atoms with E-state index in [4.69, 9.17) is 18.5 Å². The zero-order valence-corrected chi connectivity index (χ0v) is 31.5. The van der Waals surface area contributed by atoms with Crippen LogP contribution in [0.5, 0.6) is 0 Å². The summed E-state index contributed by atoms with van der Waals surface area (Å²) in [5.74, 6) is -1.13. The summed E-state index contributed by atoms with van der Waals surface area (Å²) in [6.45, 7) is 3.06. The summed E-state index contributed by atoms with van der Waals surface area (Å²) in [5, 5.41) is 49.8. The number of ether oxygens (including phenoxy) is 2. The van der Waals surface area contributed by atoms with E-state index in [0.29, 0.717) is 12.8 Å². The Hall–Kier alpha value is -1.93. The molecule has 0 saturated heterocycles. The molecule has 13 nitrogen and oxygen atoms in total. The van der Waals surface area contributed by atoms with Crippen molar-refractivity contribution in [3.63, 3.8) is 0 Å². The molecule has 1 rings (SSSR count). The summed E-state index contributed by atoms with van der Waals surface area (Å²) >= 11 is 0. The van der Waals surface area contributed by atoms with Crippen LogP contribution in [0.2, 0.25) is 0 Å². The molecule has 0 heterocycles. The smallest absolute Gasteiger partial charge is 0.462 e. The first-order valence-corrected chi connectivity index (χ1v) is 20.3. The molecular weight excluding hydrogens is 683 g/mol. The topological polar surface area (TPSA) is 210 Å². The van der Waals surface area contributed by atoms with Crippen LogP contribution in [0.1, 0.15) is 129 Å². The molecule has 8 atom stereocenters. The Morgan fingerprint density at radius 2 is 1.12 bits per heavy atom. The number of aliphatic hydroxyl groups excluding tert-OH is 5. The lowest BCUT2D eigenvalue weighted by molar-refractivity contribution is -0.220. The van der Waals surface area contributed by atoms with Crippen molar-refractivity contribution < 1.29 is 63.1 Å². The van der Waals surface area contributed by atoms with Crippen molar-refractivity contribution in [2.45, 2.75) is 172 Å². The zero-order valence-electron chi connectivity index (χ0n) is 30.6. The molecule has 0 aromatic carbocycles. The Morgan fingerprint density at radius 1 is 0.627 bits per heavy atom. The lowest BCUT2D eigenvalue weighted by atomic mass is 9.85. The number of hydrogen-bond acceptors (Lipinski definition) is 12. The number of aliphatic hydroxyl groups is 5. The largest absolute Gasteiger partial charge is 0.472 e. The third-order valence-electron chi connectivity index (χ3n) is 8.50. The second kappa shape index (κ2) is 28.6. The lowest BCUT2D eigenvalue weighted by Crippen LogP contribution is -2.64. The molecule has 6 N–H and O–H groups in total. The van der Waals surface area contributed by atoms with Crippen LogP contribution in [0.4, 0.5) is 0 Å².